The summed E-state index contributed by atoms with van der Waals surface area (Å²) in [6.07, 6.45) is 4.66. The number of nitrogens with one attached hydrogen (secondary N) is 2. The van der Waals surface area contributed by atoms with Crippen LogP contribution in [0.4, 0.5) is 0 Å². The maximum Gasteiger partial charge on any atom is 0.235 e. The van der Waals surface area contributed by atoms with Gasteiger partial charge in [-0.2, -0.15) is 0 Å². The number of sulfonamides is 1. The molecule has 0 aliphatic carbocycles. The van der Waals surface area contributed by atoms with Gasteiger partial charge in [0.1, 0.15) is 0 Å². The van der Waals surface area contributed by atoms with Crippen LogP contribution in [0.25, 0.3) is 0 Å². The van der Waals surface area contributed by atoms with Gasteiger partial charge in [0.15, 0.2) is 0 Å². The topological polar surface area (TPSA) is 88.2 Å². The number of hydrogen-bond acceptors (Lipinski definition) is 4. The summed E-state index contributed by atoms with van der Waals surface area (Å²) >= 11 is 0. The quantitative estimate of drug-likeness (QED) is 0.724. The molecule has 7 heteroatoms. The van der Waals surface area contributed by atoms with Gasteiger partial charge in [-0.1, -0.05) is 13.3 Å². The van der Waals surface area contributed by atoms with E-state index in [4.69, 9.17) is 0 Å². The maximum atomic E-state index is 11.5. The van der Waals surface area contributed by atoms with E-state index in [-0.39, 0.29) is 18.2 Å². The van der Waals surface area contributed by atoms with Gasteiger partial charge in [-0.3, -0.25) is 9.78 Å². The van der Waals surface area contributed by atoms with Crippen molar-refractivity contribution in [1.82, 2.24) is 15.0 Å². The molecule has 0 spiro atoms. The molecular weight excluding hydrogens is 266 g/mol. The van der Waals surface area contributed by atoms with Gasteiger partial charge in [-0.25, -0.2) is 13.1 Å². The molecule has 0 atom stereocenters. The second kappa shape index (κ2) is 7.85. The zero-order valence-electron chi connectivity index (χ0n) is 10.9. The highest BCUT2D eigenvalue weighted by Crippen LogP contribution is 1.95. The lowest BCUT2D eigenvalue weighted by Crippen LogP contribution is -2.37. The van der Waals surface area contributed by atoms with Gasteiger partial charge in [0.2, 0.25) is 15.9 Å². The Balaban J connectivity index is 2.28. The van der Waals surface area contributed by atoms with Gasteiger partial charge in [0.05, 0.1) is 12.3 Å². The zero-order valence-corrected chi connectivity index (χ0v) is 11.7. The monoisotopic (exact) mass is 285 g/mol. The van der Waals surface area contributed by atoms with E-state index >= 15 is 0 Å². The third kappa shape index (κ3) is 6.88. The third-order valence-electron chi connectivity index (χ3n) is 2.46. The summed E-state index contributed by atoms with van der Waals surface area (Å²) in [6.45, 7) is 2.05. The first-order valence-electron chi connectivity index (χ1n) is 6.16. The van der Waals surface area contributed by atoms with Crippen molar-refractivity contribution in [1.29, 1.82) is 0 Å². The minimum atomic E-state index is -3.34. The summed E-state index contributed by atoms with van der Waals surface area (Å²) in [7, 11) is -3.34. The lowest BCUT2D eigenvalue weighted by Gasteiger charge is -2.07. The lowest BCUT2D eigenvalue weighted by atomic mass is 10.3. The number of nitrogens with zero attached hydrogens (tertiary/aromatic N) is 1. The van der Waals surface area contributed by atoms with Crippen LogP contribution in [0, 0.1) is 0 Å². The predicted octanol–water partition coefficient (Wildman–Crippen LogP) is 0.417. The molecule has 1 rings (SSSR count). The van der Waals surface area contributed by atoms with Crippen LogP contribution in [0.2, 0.25) is 0 Å². The fourth-order valence-corrected chi connectivity index (χ4v) is 2.51. The molecule has 2 N–H and O–H groups in total. The fourth-order valence-electron chi connectivity index (χ4n) is 1.35. The highest BCUT2D eigenvalue weighted by molar-refractivity contribution is 7.89. The SMILES string of the molecule is CCCCS(=O)(=O)NCC(=O)NCc1ccncc1. The Morgan fingerprint density at radius 2 is 2.00 bits per heavy atom. The Labute approximate surface area is 113 Å². The van der Waals surface area contributed by atoms with E-state index in [0.717, 1.165) is 12.0 Å². The molecule has 0 aromatic carbocycles. The van der Waals surface area contributed by atoms with Crippen LogP contribution in [0.1, 0.15) is 25.3 Å². The Morgan fingerprint density at radius 3 is 2.63 bits per heavy atom. The first kappa shape index (κ1) is 15.6. The summed E-state index contributed by atoms with van der Waals surface area (Å²) in [5, 5.41) is 2.63. The Bertz CT molecular complexity index is 488. The van der Waals surface area contributed by atoms with Crippen LogP contribution in [0.15, 0.2) is 24.5 Å². The van der Waals surface area contributed by atoms with E-state index in [1.54, 1.807) is 24.5 Å². The maximum absolute atomic E-state index is 11.5. The normalized spacial score (nSPS) is 11.2. The van der Waals surface area contributed by atoms with Crippen molar-refractivity contribution in [2.24, 2.45) is 0 Å². The molecule has 0 radical (unpaired) electrons. The Hall–Kier alpha value is -1.47. The summed E-state index contributed by atoms with van der Waals surface area (Å²) in [6, 6.07) is 3.57. The van der Waals surface area contributed by atoms with Crippen molar-refractivity contribution in [2.45, 2.75) is 26.3 Å². The summed E-state index contributed by atoms with van der Waals surface area (Å²) in [5.74, 6) is -0.293. The van der Waals surface area contributed by atoms with Crippen molar-refractivity contribution in [2.75, 3.05) is 12.3 Å². The summed E-state index contributed by atoms with van der Waals surface area (Å²) in [4.78, 5) is 15.3. The highest BCUT2D eigenvalue weighted by Gasteiger charge is 2.11. The van der Waals surface area contributed by atoms with Gasteiger partial charge < -0.3 is 5.32 Å². The molecule has 0 saturated carbocycles. The zero-order chi connectivity index (χ0) is 14.1. The van der Waals surface area contributed by atoms with E-state index in [2.05, 4.69) is 15.0 Å². The van der Waals surface area contributed by atoms with Crippen molar-refractivity contribution in [3.8, 4) is 0 Å². The predicted molar refractivity (Wildman–Crippen MR) is 72.8 cm³/mol. The summed E-state index contributed by atoms with van der Waals surface area (Å²) in [5.41, 5.74) is 0.914. The first-order valence-corrected chi connectivity index (χ1v) is 7.81. The van der Waals surface area contributed by atoms with E-state index in [0.29, 0.717) is 13.0 Å². The van der Waals surface area contributed by atoms with Crippen LogP contribution in [0.3, 0.4) is 0 Å². The molecule has 0 saturated heterocycles. The molecule has 1 amide bonds. The van der Waals surface area contributed by atoms with Crippen LogP contribution >= 0.6 is 0 Å². The molecule has 106 valence electrons. The van der Waals surface area contributed by atoms with Crippen molar-refractivity contribution >= 4 is 15.9 Å². The van der Waals surface area contributed by atoms with Gasteiger partial charge in [0, 0.05) is 18.9 Å². The molecule has 1 aromatic rings. The molecule has 6 nitrogen and oxygen atoms in total. The van der Waals surface area contributed by atoms with Crippen molar-refractivity contribution in [3.63, 3.8) is 0 Å². The van der Waals surface area contributed by atoms with Gasteiger partial charge >= 0.3 is 0 Å². The van der Waals surface area contributed by atoms with Crippen LogP contribution < -0.4 is 10.0 Å². The number of unbranched alkanes of at least 4 members (excludes halogenated alkanes) is 1. The second-order valence-electron chi connectivity index (χ2n) is 4.13. The van der Waals surface area contributed by atoms with Gasteiger partial charge in [-0.05, 0) is 24.1 Å². The molecule has 0 unspecified atom stereocenters. The number of hydrogen-bond donors (Lipinski definition) is 2. The van der Waals surface area contributed by atoms with E-state index in [1.165, 1.54) is 0 Å². The largest absolute Gasteiger partial charge is 0.351 e. The number of amides is 1. The first-order chi connectivity index (χ1) is 9.03. The number of rotatable bonds is 8. The molecule has 0 fully saturated rings. The average Bonchev–Trinajstić information content (AvgIpc) is 2.42. The molecular formula is C12H19N3O3S. The standard InChI is InChI=1S/C12H19N3O3S/c1-2-3-8-19(17,18)15-10-12(16)14-9-11-4-6-13-7-5-11/h4-7,15H,2-3,8-10H2,1H3,(H,14,16). The third-order valence-corrected chi connectivity index (χ3v) is 3.87. The van der Waals surface area contributed by atoms with E-state index in [9.17, 15) is 13.2 Å². The minimum absolute atomic E-state index is 0.0567. The lowest BCUT2D eigenvalue weighted by molar-refractivity contribution is -0.120. The molecule has 0 aliphatic heterocycles. The summed E-state index contributed by atoms with van der Waals surface area (Å²) < 4.78 is 25.2. The number of pyridine rings is 1. The molecule has 1 heterocycles. The molecule has 19 heavy (non-hydrogen) atoms. The van der Waals surface area contributed by atoms with Crippen LogP contribution in [0.5, 0.6) is 0 Å². The number of carbonyl (C=O) groups is 1. The van der Waals surface area contributed by atoms with E-state index in [1.807, 2.05) is 6.92 Å². The second-order valence-corrected chi connectivity index (χ2v) is 6.05. The molecule has 1 aromatic heterocycles. The van der Waals surface area contributed by atoms with E-state index < -0.39 is 10.0 Å². The minimum Gasteiger partial charge on any atom is -0.351 e. The van der Waals surface area contributed by atoms with Crippen molar-refractivity contribution < 1.29 is 13.2 Å². The fraction of sp³-hybridized carbons (Fsp3) is 0.500. The molecule has 0 aliphatic rings. The van der Waals surface area contributed by atoms with Crippen LogP contribution in [-0.4, -0.2) is 31.6 Å². The highest BCUT2D eigenvalue weighted by atomic mass is 32.2. The number of aromatic nitrogens is 1. The molecule has 0 bridgehead atoms. The average molecular weight is 285 g/mol. The Kier molecular flexibility index (Phi) is 6.44. The van der Waals surface area contributed by atoms with Crippen molar-refractivity contribution in [3.05, 3.63) is 30.1 Å². The Morgan fingerprint density at radius 1 is 1.32 bits per heavy atom. The number of carbonyl (C=O) groups excluding carboxylic acids is 1. The van der Waals surface area contributed by atoms with Gasteiger partial charge in [0.25, 0.3) is 0 Å². The van der Waals surface area contributed by atoms with Gasteiger partial charge in [-0.15, -0.1) is 0 Å². The smallest absolute Gasteiger partial charge is 0.235 e. The van der Waals surface area contributed by atoms with Crippen LogP contribution in [-0.2, 0) is 21.4 Å².